The normalized spacial score (nSPS) is 16.2. The summed E-state index contributed by atoms with van der Waals surface area (Å²) >= 11 is 3.10. The standard InChI is InChI=1S/C20H21N5O2S2/c1-14-11-18(26)22-16-6-2-3-7-17(16)25(14)19(27)12-29-20-23-21-13-24(20)9-8-15-5-4-10-28-15/h2-7,10,13-14H,8-9,11-12H2,1H3,(H,22,26)/t14-/m1/s1. The van der Waals surface area contributed by atoms with Crippen LogP contribution in [-0.2, 0) is 22.6 Å². The van der Waals surface area contributed by atoms with Gasteiger partial charge in [0, 0.05) is 23.9 Å². The second kappa shape index (κ2) is 8.79. The molecule has 2 amide bonds. The number of carbonyl (C=O) groups is 2. The van der Waals surface area contributed by atoms with E-state index in [9.17, 15) is 9.59 Å². The van der Waals surface area contributed by atoms with Gasteiger partial charge in [-0.15, -0.1) is 21.5 Å². The Labute approximate surface area is 177 Å². The third-order valence-electron chi connectivity index (χ3n) is 4.71. The third-order valence-corrected chi connectivity index (χ3v) is 6.61. The highest BCUT2D eigenvalue weighted by molar-refractivity contribution is 7.99. The number of nitrogens with zero attached hydrogens (tertiary/aromatic N) is 4. The van der Waals surface area contributed by atoms with Crippen LogP contribution in [0.25, 0.3) is 0 Å². The van der Waals surface area contributed by atoms with Gasteiger partial charge in [-0.1, -0.05) is 30.0 Å². The molecular weight excluding hydrogens is 406 g/mol. The van der Waals surface area contributed by atoms with Crippen LogP contribution < -0.4 is 10.2 Å². The highest BCUT2D eigenvalue weighted by Crippen LogP contribution is 2.32. The summed E-state index contributed by atoms with van der Waals surface area (Å²) in [5.74, 6) is 0.0883. The largest absolute Gasteiger partial charge is 0.324 e. The minimum absolute atomic E-state index is 0.0562. The molecule has 1 N–H and O–H groups in total. The van der Waals surface area contributed by atoms with Gasteiger partial charge in [-0.3, -0.25) is 9.59 Å². The van der Waals surface area contributed by atoms with Crippen molar-refractivity contribution in [1.29, 1.82) is 0 Å². The first-order valence-corrected chi connectivity index (χ1v) is 11.2. The second-order valence-electron chi connectivity index (χ2n) is 6.81. The summed E-state index contributed by atoms with van der Waals surface area (Å²) in [6.45, 7) is 2.67. The van der Waals surface area contributed by atoms with Crippen LogP contribution in [0, 0.1) is 0 Å². The fraction of sp³-hybridized carbons (Fsp3) is 0.300. The molecule has 7 nitrogen and oxygen atoms in total. The van der Waals surface area contributed by atoms with E-state index in [1.54, 1.807) is 22.6 Å². The number of thiophene rings is 1. The molecule has 1 aromatic carbocycles. The minimum Gasteiger partial charge on any atom is -0.324 e. The predicted molar refractivity (Wildman–Crippen MR) is 115 cm³/mol. The molecule has 0 aliphatic carbocycles. The van der Waals surface area contributed by atoms with Crippen LogP contribution in [0.3, 0.4) is 0 Å². The lowest BCUT2D eigenvalue weighted by molar-refractivity contribution is -0.117. The van der Waals surface area contributed by atoms with E-state index in [1.165, 1.54) is 16.6 Å². The molecule has 0 spiro atoms. The highest BCUT2D eigenvalue weighted by Gasteiger charge is 2.29. The van der Waals surface area contributed by atoms with E-state index in [0.717, 1.165) is 23.8 Å². The topological polar surface area (TPSA) is 80.1 Å². The van der Waals surface area contributed by atoms with Crippen LogP contribution in [0.5, 0.6) is 0 Å². The zero-order valence-corrected chi connectivity index (χ0v) is 17.6. The van der Waals surface area contributed by atoms with Gasteiger partial charge in [0.15, 0.2) is 5.16 Å². The quantitative estimate of drug-likeness (QED) is 0.610. The van der Waals surface area contributed by atoms with Crippen LogP contribution in [-0.4, -0.2) is 38.4 Å². The number of hydrogen-bond donors (Lipinski definition) is 1. The fourth-order valence-electron chi connectivity index (χ4n) is 3.36. The number of nitrogens with one attached hydrogen (secondary N) is 1. The molecule has 29 heavy (non-hydrogen) atoms. The van der Waals surface area contributed by atoms with Crippen molar-refractivity contribution in [2.24, 2.45) is 0 Å². The molecule has 3 heterocycles. The van der Waals surface area contributed by atoms with Crippen LogP contribution in [0.2, 0.25) is 0 Å². The molecule has 0 fully saturated rings. The third kappa shape index (κ3) is 4.51. The molecule has 1 aliphatic heterocycles. The van der Waals surface area contributed by atoms with E-state index >= 15 is 0 Å². The SMILES string of the molecule is C[C@@H]1CC(=O)Nc2ccccc2N1C(=O)CSc1nncn1CCc1cccs1. The lowest BCUT2D eigenvalue weighted by Gasteiger charge is -2.27. The van der Waals surface area contributed by atoms with Crippen molar-refractivity contribution in [3.05, 3.63) is 53.0 Å². The molecule has 1 atom stereocenters. The number of aromatic nitrogens is 3. The summed E-state index contributed by atoms with van der Waals surface area (Å²) in [6, 6.07) is 11.3. The summed E-state index contributed by atoms with van der Waals surface area (Å²) < 4.78 is 1.97. The zero-order chi connectivity index (χ0) is 20.2. The molecule has 3 aromatic rings. The number of carbonyl (C=O) groups excluding carboxylic acids is 2. The van der Waals surface area contributed by atoms with Crippen LogP contribution >= 0.6 is 23.1 Å². The molecule has 9 heteroatoms. The summed E-state index contributed by atoms with van der Waals surface area (Å²) in [7, 11) is 0. The maximum atomic E-state index is 13.1. The van der Waals surface area contributed by atoms with Crippen molar-refractivity contribution in [2.45, 2.75) is 37.5 Å². The van der Waals surface area contributed by atoms with Crippen molar-refractivity contribution in [1.82, 2.24) is 14.8 Å². The molecule has 0 saturated heterocycles. The number of thioether (sulfide) groups is 1. The molecule has 4 rings (SSSR count). The Morgan fingerprint density at radius 2 is 2.17 bits per heavy atom. The van der Waals surface area contributed by atoms with E-state index in [2.05, 4.69) is 27.0 Å². The van der Waals surface area contributed by atoms with Crippen molar-refractivity contribution >= 4 is 46.3 Å². The predicted octanol–water partition coefficient (Wildman–Crippen LogP) is 3.44. The van der Waals surface area contributed by atoms with Gasteiger partial charge in [0.1, 0.15) is 6.33 Å². The Kier molecular flexibility index (Phi) is 5.96. The monoisotopic (exact) mass is 427 g/mol. The van der Waals surface area contributed by atoms with Gasteiger partial charge in [-0.05, 0) is 36.9 Å². The van der Waals surface area contributed by atoms with E-state index in [-0.39, 0.29) is 30.0 Å². The van der Waals surface area contributed by atoms with Crippen molar-refractivity contribution < 1.29 is 9.59 Å². The average Bonchev–Trinajstić information content (AvgIpc) is 3.35. The maximum Gasteiger partial charge on any atom is 0.237 e. The van der Waals surface area contributed by atoms with Gasteiger partial charge in [0.2, 0.25) is 11.8 Å². The van der Waals surface area contributed by atoms with E-state index < -0.39 is 0 Å². The van der Waals surface area contributed by atoms with Gasteiger partial charge in [-0.2, -0.15) is 0 Å². The zero-order valence-electron chi connectivity index (χ0n) is 15.9. The first-order valence-electron chi connectivity index (χ1n) is 9.36. The second-order valence-corrected chi connectivity index (χ2v) is 8.78. The average molecular weight is 428 g/mol. The molecule has 0 radical (unpaired) electrons. The lowest BCUT2D eigenvalue weighted by Crippen LogP contribution is -2.40. The summed E-state index contributed by atoms with van der Waals surface area (Å²) in [6.07, 6.45) is 2.87. The first kappa shape index (κ1) is 19.7. The highest BCUT2D eigenvalue weighted by atomic mass is 32.2. The summed E-state index contributed by atoms with van der Waals surface area (Å²) in [4.78, 5) is 28.2. The molecule has 150 valence electrons. The molecular formula is C20H21N5O2S2. The molecule has 1 aliphatic rings. The Morgan fingerprint density at radius 3 is 3.00 bits per heavy atom. The number of hydrogen-bond acceptors (Lipinski definition) is 6. The van der Waals surface area contributed by atoms with Gasteiger partial charge in [-0.25, -0.2) is 0 Å². The number of rotatable bonds is 6. The first-order chi connectivity index (χ1) is 14.1. The summed E-state index contributed by atoms with van der Waals surface area (Å²) in [5.41, 5.74) is 1.40. The Hall–Kier alpha value is -2.65. The van der Waals surface area contributed by atoms with Gasteiger partial charge >= 0.3 is 0 Å². The van der Waals surface area contributed by atoms with Crippen LogP contribution in [0.1, 0.15) is 18.2 Å². The fourth-order valence-corrected chi connectivity index (χ4v) is 4.86. The molecule has 0 bridgehead atoms. The van der Waals surface area contributed by atoms with Crippen LogP contribution in [0.15, 0.2) is 53.3 Å². The molecule has 0 saturated carbocycles. The number of anilines is 2. The Morgan fingerprint density at radius 1 is 1.31 bits per heavy atom. The number of para-hydroxylation sites is 2. The van der Waals surface area contributed by atoms with Crippen LogP contribution in [0.4, 0.5) is 11.4 Å². The number of amides is 2. The van der Waals surface area contributed by atoms with Crippen molar-refractivity contribution in [2.75, 3.05) is 16.0 Å². The number of benzene rings is 1. The molecule has 0 unspecified atom stereocenters. The van der Waals surface area contributed by atoms with Gasteiger partial charge < -0.3 is 14.8 Å². The number of aryl methyl sites for hydroxylation is 2. The van der Waals surface area contributed by atoms with Gasteiger partial charge in [0.25, 0.3) is 0 Å². The molecule has 2 aromatic heterocycles. The minimum atomic E-state index is -0.219. The lowest BCUT2D eigenvalue weighted by atomic mass is 10.2. The number of fused-ring (bicyclic) bond motifs is 1. The van der Waals surface area contributed by atoms with E-state index in [4.69, 9.17) is 0 Å². The van der Waals surface area contributed by atoms with E-state index in [0.29, 0.717) is 5.69 Å². The van der Waals surface area contributed by atoms with Crippen molar-refractivity contribution in [3.8, 4) is 0 Å². The Bertz CT molecular complexity index is 1000. The smallest absolute Gasteiger partial charge is 0.237 e. The van der Waals surface area contributed by atoms with E-state index in [1.807, 2.05) is 41.8 Å². The Balaban J connectivity index is 1.45. The maximum absolute atomic E-state index is 13.1. The van der Waals surface area contributed by atoms with Gasteiger partial charge in [0.05, 0.1) is 17.1 Å². The summed E-state index contributed by atoms with van der Waals surface area (Å²) in [5, 5.41) is 13.8. The van der Waals surface area contributed by atoms with Crippen molar-refractivity contribution in [3.63, 3.8) is 0 Å².